The molecular formula is C31H19N5O5. The monoisotopic (exact) mass is 541 g/mol. The summed E-state index contributed by atoms with van der Waals surface area (Å²) in [5.74, 6) is -0.515. The van der Waals surface area contributed by atoms with Crippen molar-refractivity contribution < 1.29 is 14.6 Å². The van der Waals surface area contributed by atoms with Crippen molar-refractivity contribution in [3.05, 3.63) is 145 Å². The van der Waals surface area contributed by atoms with Crippen molar-refractivity contribution in [2.24, 2.45) is 0 Å². The minimum atomic E-state index is -0.655. The summed E-state index contributed by atoms with van der Waals surface area (Å²) in [7, 11) is 0. The van der Waals surface area contributed by atoms with Gasteiger partial charge in [0.25, 0.3) is 17.3 Å². The second-order valence-electron chi connectivity index (χ2n) is 9.27. The van der Waals surface area contributed by atoms with E-state index in [2.05, 4.69) is 0 Å². The molecule has 0 saturated carbocycles. The molecule has 0 unspecified atom stereocenters. The lowest BCUT2D eigenvalue weighted by molar-refractivity contribution is -0.385. The molecule has 10 nitrogen and oxygen atoms in total. The topological polar surface area (TPSA) is 154 Å². The average molecular weight is 542 g/mol. The smallest absolute Gasteiger partial charge is 0.270 e. The van der Waals surface area contributed by atoms with Gasteiger partial charge in [0.2, 0.25) is 0 Å². The Morgan fingerprint density at radius 3 is 1.76 bits per heavy atom. The Labute approximate surface area is 233 Å². The number of amides is 1. The maximum Gasteiger partial charge on any atom is 0.270 e. The maximum absolute atomic E-state index is 14.3. The molecule has 0 atom stereocenters. The molecule has 5 rings (SSSR count). The average Bonchev–Trinajstić information content (AvgIpc) is 3.31. The number of hydrogen-bond acceptors (Lipinski definition) is 7. The second-order valence-corrected chi connectivity index (χ2v) is 9.27. The summed E-state index contributed by atoms with van der Waals surface area (Å²) >= 11 is 0. The zero-order chi connectivity index (χ0) is 29.1. The number of benzene rings is 4. The number of rotatable bonds is 7. The van der Waals surface area contributed by atoms with E-state index in [0.29, 0.717) is 5.56 Å². The number of hydrogen-bond donors (Lipinski definition) is 0. The molecule has 1 aliphatic carbocycles. The number of nitriles is 2. The molecule has 0 bridgehead atoms. The zero-order valence-corrected chi connectivity index (χ0v) is 21.4. The number of nitro groups is 2. The van der Waals surface area contributed by atoms with Gasteiger partial charge in [-0.3, -0.25) is 25.0 Å². The molecule has 0 saturated heterocycles. The van der Waals surface area contributed by atoms with Crippen LogP contribution in [0.3, 0.4) is 0 Å². The normalized spacial score (nSPS) is 11.0. The lowest BCUT2D eigenvalue weighted by Crippen LogP contribution is -2.30. The van der Waals surface area contributed by atoms with Crippen LogP contribution in [-0.4, -0.2) is 20.7 Å². The molecule has 4 aromatic carbocycles. The largest absolute Gasteiger partial charge is 0.330 e. The minimum Gasteiger partial charge on any atom is -0.330 e. The van der Waals surface area contributed by atoms with Gasteiger partial charge in [-0.1, -0.05) is 60.7 Å². The summed E-state index contributed by atoms with van der Waals surface area (Å²) in [5, 5.41) is 43.0. The predicted octanol–water partition coefficient (Wildman–Crippen LogP) is 6.18. The van der Waals surface area contributed by atoms with Crippen LogP contribution < -0.4 is 0 Å². The number of carbonyl (C=O) groups excluding carboxylic acids is 1. The van der Waals surface area contributed by atoms with E-state index in [1.54, 1.807) is 17.0 Å². The van der Waals surface area contributed by atoms with E-state index in [1.807, 2.05) is 60.7 Å². The third kappa shape index (κ3) is 5.01. The Kier molecular flexibility index (Phi) is 7.06. The number of fused-ring (bicyclic) bond motifs is 3. The summed E-state index contributed by atoms with van der Waals surface area (Å²) in [4.78, 5) is 38.2. The fourth-order valence-electron chi connectivity index (χ4n) is 4.99. The number of nitro benzene ring substituents is 2. The Morgan fingerprint density at radius 2 is 1.24 bits per heavy atom. The molecule has 0 radical (unpaired) electrons. The van der Waals surface area contributed by atoms with Gasteiger partial charge in [-0.25, -0.2) is 0 Å². The van der Waals surface area contributed by atoms with Gasteiger partial charge in [0.05, 0.1) is 15.4 Å². The number of carbonyl (C=O) groups is 1. The van der Waals surface area contributed by atoms with Crippen LogP contribution in [0.25, 0.3) is 16.7 Å². The van der Waals surface area contributed by atoms with Crippen molar-refractivity contribution in [3.63, 3.8) is 0 Å². The summed E-state index contributed by atoms with van der Waals surface area (Å²) in [6, 6.07) is 28.4. The third-order valence-electron chi connectivity index (χ3n) is 6.78. The van der Waals surface area contributed by atoms with Crippen LogP contribution in [0.15, 0.2) is 96.6 Å². The van der Waals surface area contributed by atoms with Crippen LogP contribution >= 0.6 is 0 Å². The van der Waals surface area contributed by atoms with Crippen molar-refractivity contribution in [3.8, 4) is 23.3 Å². The summed E-state index contributed by atoms with van der Waals surface area (Å²) in [6.45, 7) is 0.396. The molecule has 0 fully saturated rings. The van der Waals surface area contributed by atoms with Crippen LogP contribution in [0.4, 0.5) is 11.4 Å². The van der Waals surface area contributed by atoms with E-state index in [0.717, 1.165) is 11.1 Å². The van der Waals surface area contributed by atoms with Crippen molar-refractivity contribution in [1.82, 2.24) is 4.90 Å². The van der Waals surface area contributed by atoms with Gasteiger partial charge in [0.1, 0.15) is 17.7 Å². The fourth-order valence-corrected chi connectivity index (χ4v) is 4.99. The number of nitrogens with zero attached hydrogens (tertiary/aromatic N) is 5. The molecule has 41 heavy (non-hydrogen) atoms. The SMILES string of the molecule is N#CC(C#N)=C1c2cc([N+](=O)[O-])ccc2-c2c(C(=O)N(Cc3ccccc3)Cc3ccccc3)cc([N+](=O)[O-])cc21. The maximum atomic E-state index is 14.3. The molecule has 1 aliphatic rings. The van der Waals surface area contributed by atoms with Gasteiger partial charge in [0, 0.05) is 48.5 Å². The highest BCUT2D eigenvalue weighted by Gasteiger charge is 2.35. The lowest BCUT2D eigenvalue weighted by atomic mass is 9.95. The van der Waals surface area contributed by atoms with Gasteiger partial charge in [-0.15, -0.1) is 0 Å². The Morgan fingerprint density at radius 1 is 0.707 bits per heavy atom. The fraction of sp³-hybridized carbons (Fsp3) is 0.0645. The molecule has 198 valence electrons. The number of non-ortho nitro benzene ring substituents is 2. The molecule has 4 aromatic rings. The molecular weight excluding hydrogens is 522 g/mol. The molecule has 0 spiro atoms. The van der Waals surface area contributed by atoms with E-state index in [1.165, 1.54) is 30.3 Å². The molecule has 0 heterocycles. The van der Waals surface area contributed by atoms with Crippen LogP contribution in [0.1, 0.15) is 32.6 Å². The predicted molar refractivity (Wildman–Crippen MR) is 149 cm³/mol. The van der Waals surface area contributed by atoms with Gasteiger partial charge < -0.3 is 4.90 Å². The number of allylic oxidation sites excluding steroid dienone is 1. The van der Waals surface area contributed by atoms with Crippen LogP contribution in [-0.2, 0) is 13.1 Å². The van der Waals surface area contributed by atoms with Crippen molar-refractivity contribution >= 4 is 22.9 Å². The van der Waals surface area contributed by atoms with Gasteiger partial charge in [-0.05, 0) is 33.9 Å². The minimum absolute atomic E-state index is 0.0126. The van der Waals surface area contributed by atoms with Crippen molar-refractivity contribution in [1.29, 1.82) is 10.5 Å². The van der Waals surface area contributed by atoms with E-state index in [4.69, 9.17) is 0 Å². The Balaban J connectivity index is 1.76. The summed E-state index contributed by atoms with van der Waals surface area (Å²) in [6.07, 6.45) is 0. The Bertz CT molecular complexity index is 1780. The zero-order valence-electron chi connectivity index (χ0n) is 21.4. The first kappa shape index (κ1) is 26.5. The van der Waals surface area contributed by atoms with Crippen LogP contribution in [0.5, 0.6) is 0 Å². The highest BCUT2D eigenvalue weighted by atomic mass is 16.6. The van der Waals surface area contributed by atoms with Crippen molar-refractivity contribution in [2.45, 2.75) is 13.1 Å². The highest BCUT2D eigenvalue weighted by molar-refractivity contribution is 6.12. The van der Waals surface area contributed by atoms with Gasteiger partial charge in [0.15, 0.2) is 0 Å². The Hall–Kier alpha value is -6.13. The first-order valence-electron chi connectivity index (χ1n) is 12.4. The summed E-state index contributed by atoms with van der Waals surface area (Å²) < 4.78 is 0. The summed E-state index contributed by atoms with van der Waals surface area (Å²) in [5.41, 5.74) is 1.53. The van der Waals surface area contributed by atoms with E-state index in [-0.39, 0.29) is 52.2 Å². The van der Waals surface area contributed by atoms with E-state index >= 15 is 0 Å². The van der Waals surface area contributed by atoms with Crippen LogP contribution in [0.2, 0.25) is 0 Å². The van der Waals surface area contributed by atoms with Gasteiger partial charge in [-0.2, -0.15) is 10.5 Å². The van der Waals surface area contributed by atoms with Crippen LogP contribution in [0, 0.1) is 42.9 Å². The molecule has 10 heteroatoms. The standard InChI is InChI=1S/C31H19N5O5/c32-16-22(17-33)29-26-13-23(35(38)39)11-12-25(26)30-27(29)14-24(36(40)41)15-28(30)31(37)34(18-20-7-3-1-4-8-20)19-21-9-5-2-6-10-21/h1-15H,18-19H2. The van der Waals surface area contributed by atoms with E-state index < -0.39 is 21.4 Å². The third-order valence-corrected chi connectivity index (χ3v) is 6.78. The van der Waals surface area contributed by atoms with E-state index in [9.17, 15) is 35.5 Å². The molecule has 1 amide bonds. The molecule has 0 aromatic heterocycles. The first-order valence-corrected chi connectivity index (χ1v) is 12.4. The van der Waals surface area contributed by atoms with Crippen molar-refractivity contribution in [2.75, 3.05) is 0 Å². The molecule has 0 N–H and O–H groups in total. The lowest BCUT2D eigenvalue weighted by Gasteiger charge is -2.24. The first-order chi connectivity index (χ1) is 19.8. The second kappa shape index (κ2) is 10.9. The van der Waals surface area contributed by atoms with Gasteiger partial charge >= 0.3 is 0 Å². The quantitative estimate of drug-likeness (QED) is 0.135. The highest BCUT2D eigenvalue weighted by Crippen LogP contribution is 2.50. The molecule has 0 aliphatic heterocycles.